The summed E-state index contributed by atoms with van der Waals surface area (Å²) in [4.78, 5) is 14.1. The first-order valence-corrected chi connectivity index (χ1v) is 13.4. The van der Waals surface area contributed by atoms with Gasteiger partial charge in [0.05, 0.1) is 18.0 Å². The van der Waals surface area contributed by atoms with Crippen LogP contribution in [0.1, 0.15) is 43.2 Å². The van der Waals surface area contributed by atoms with E-state index in [0.717, 1.165) is 65.4 Å². The number of nitrogens with one attached hydrogen (secondary N) is 1. The van der Waals surface area contributed by atoms with Crippen LogP contribution < -0.4 is 11.1 Å². The van der Waals surface area contributed by atoms with Gasteiger partial charge in [0.15, 0.2) is 5.65 Å². The van der Waals surface area contributed by atoms with Crippen LogP contribution in [0, 0.1) is 6.92 Å². The fourth-order valence-corrected chi connectivity index (χ4v) is 5.82. The van der Waals surface area contributed by atoms with Crippen LogP contribution in [-0.2, 0) is 6.54 Å². The Morgan fingerprint density at radius 3 is 2.38 bits per heavy atom. The Morgan fingerprint density at radius 1 is 0.946 bits per heavy atom. The van der Waals surface area contributed by atoms with Crippen LogP contribution in [-0.4, -0.2) is 68.8 Å². The number of piperidine rings is 2. The lowest BCUT2D eigenvalue weighted by Crippen LogP contribution is -2.47. The molecule has 2 aliphatic rings. The number of aromatic nitrogens is 4. The second-order valence-corrected chi connectivity index (χ2v) is 10.5. The second-order valence-electron chi connectivity index (χ2n) is 10.5. The average molecular weight is 501 g/mol. The minimum absolute atomic E-state index is 0.311. The molecule has 9 heteroatoms. The van der Waals surface area contributed by atoms with Gasteiger partial charge in [-0.1, -0.05) is 12.1 Å². The van der Waals surface area contributed by atoms with E-state index in [1.54, 1.807) is 6.33 Å². The molecule has 5 heterocycles. The number of nitrogens with two attached hydrogens (primary N) is 1. The molecule has 6 rings (SSSR count). The number of nitrogens with zero attached hydrogens (tertiary/aromatic N) is 6. The quantitative estimate of drug-likeness (QED) is 0.404. The molecule has 194 valence electrons. The van der Waals surface area contributed by atoms with Gasteiger partial charge in [0.2, 0.25) is 0 Å². The highest BCUT2D eigenvalue weighted by atomic mass is 16.3. The number of anilines is 2. The summed E-state index contributed by atoms with van der Waals surface area (Å²) in [6.45, 7) is 7.20. The number of likely N-dealkylation sites (tertiary alicyclic amines) is 2. The highest BCUT2D eigenvalue weighted by Gasteiger charge is 2.30. The van der Waals surface area contributed by atoms with Crippen molar-refractivity contribution in [3.05, 3.63) is 54.2 Å². The summed E-state index contributed by atoms with van der Waals surface area (Å²) >= 11 is 0. The van der Waals surface area contributed by atoms with Gasteiger partial charge in [0.1, 0.15) is 29.4 Å². The summed E-state index contributed by atoms with van der Waals surface area (Å²) in [6.07, 6.45) is 6.23. The third-order valence-electron chi connectivity index (χ3n) is 7.99. The number of furan rings is 1. The van der Waals surface area contributed by atoms with Gasteiger partial charge in [-0.15, -0.1) is 0 Å². The number of rotatable bonds is 6. The smallest absolute Gasteiger partial charge is 0.164 e. The summed E-state index contributed by atoms with van der Waals surface area (Å²) in [7, 11) is 2.22. The molecule has 3 aromatic heterocycles. The number of fused-ring (bicyclic) bond motifs is 1. The topological polar surface area (TPSA) is 101 Å². The van der Waals surface area contributed by atoms with Crippen molar-refractivity contribution in [1.29, 1.82) is 0 Å². The molecule has 2 fully saturated rings. The maximum absolute atomic E-state index is 6.37. The van der Waals surface area contributed by atoms with E-state index in [2.05, 4.69) is 61.1 Å². The van der Waals surface area contributed by atoms with Crippen molar-refractivity contribution >= 4 is 22.5 Å². The first kappa shape index (κ1) is 23.9. The Hall–Kier alpha value is -3.43. The molecule has 0 atom stereocenters. The van der Waals surface area contributed by atoms with E-state index in [1.165, 1.54) is 25.9 Å². The zero-order valence-corrected chi connectivity index (χ0v) is 21.7. The van der Waals surface area contributed by atoms with Crippen molar-refractivity contribution in [3.63, 3.8) is 0 Å². The van der Waals surface area contributed by atoms with Crippen molar-refractivity contribution in [1.82, 2.24) is 29.5 Å². The molecule has 1 aromatic carbocycles. The fourth-order valence-electron chi connectivity index (χ4n) is 5.82. The maximum atomic E-state index is 6.37. The van der Waals surface area contributed by atoms with Crippen LogP contribution >= 0.6 is 0 Å². The predicted octanol–water partition coefficient (Wildman–Crippen LogP) is 4.32. The van der Waals surface area contributed by atoms with Crippen LogP contribution in [0.4, 0.5) is 11.5 Å². The summed E-state index contributed by atoms with van der Waals surface area (Å²) in [6, 6.07) is 13.3. The number of aryl methyl sites for hydroxylation is 1. The molecule has 2 aliphatic heterocycles. The molecule has 2 saturated heterocycles. The van der Waals surface area contributed by atoms with Gasteiger partial charge in [-0.05, 0) is 77.0 Å². The number of nitrogen functional groups attached to an aromatic ring is 1. The van der Waals surface area contributed by atoms with E-state index >= 15 is 0 Å². The predicted molar refractivity (Wildman–Crippen MR) is 146 cm³/mol. The fraction of sp³-hybridized carbons (Fsp3) is 0.464. The third kappa shape index (κ3) is 4.93. The van der Waals surface area contributed by atoms with Crippen molar-refractivity contribution in [2.24, 2.45) is 0 Å². The average Bonchev–Trinajstić information content (AvgIpc) is 3.53. The minimum atomic E-state index is 0.311. The molecule has 4 aromatic rings. The van der Waals surface area contributed by atoms with Gasteiger partial charge >= 0.3 is 0 Å². The molecule has 0 spiro atoms. The lowest BCUT2D eigenvalue weighted by molar-refractivity contribution is 0.0859. The van der Waals surface area contributed by atoms with Gasteiger partial charge < -0.3 is 25.3 Å². The molecule has 37 heavy (non-hydrogen) atoms. The van der Waals surface area contributed by atoms with E-state index in [4.69, 9.17) is 15.2 Å². The van der Waals surface area contributed by atoms with E-state index < -0.39 is 0 Å². The Morgan fingerprint density at radius 2 is 1.68 bits per heavy atom. The zero-order valence-electron chi connectivity index (χ0n) is 21.7. The molecule has 0 amide bonds. The molecular weight excluding hydrogens is 464 g/mol. The highest BCUT2D eigenvalue weighted by molar-refractivity contribution is 5.98. The van der Waals surface area contributed by atoms with Crippen molar-refractivity contribution in [2.75, 3.05) is 44.3 Å². The lowest BCUT2D eigenvalue weighted by Gasteiger charge is -2.41. The Balaban J connectivity index is 1.20. The van der Waals surface area contributed by atoms with E-state index in [9.17, 15) is 0 Å². The Kier molecular flexibility index (Phi) is 6.56. The van der Waals surface area contributed by atoms with Crippen LogP contribution in [0.15, 0.2) is 47.1 Å². The SMILES string of the molecule is Cc1ccc(CNc2ccc(-c3nn(C4CCN(C5CCN(C)CC5)CC4)c4ncnc(N)c34)cc2)o1. The first-order valence-electron chi connectivity index (χ1n) is 13.4. The van der Waals surface area contributed by atoms with Gasteiger partial charge in [0.25, 0.3) is 0 Å². The monoisotopic (exact) mass is 500 g/mol. The summed E-state index contributed by atoms with van der Waals surface area (Å²) in [5.74, 6) is 2.31. The molecule has 0 radical (unpaired) electrons. The van der Waals surface area contributed by atoms with Crippen molar-refractivity contribution in [2.45, 2.75) is 51.2 Å². The normalized spacial score (nSPS) is 18.5. The maximum Gasteiger partial charge on any atom is 0.164 e. The molecule has 0 aliphatic carbocycles. The first-order chi connectivity index (χ1) is 18.0. The molecule has 9 nitrogen and oxygen atoms in total. The molecule has 3 N–H and O–H groups in total. The van der Waals surface area contributed by atoms with Gasteiger partial charge in [0, 0.05) is 30.4 Å². The largest absolute Gasteiger partial charge is 0.465 e. The second kappa shape index (κ2) is 10.1. The standard InChI is InChI=1S/C28H36N8O/c1-19-3-8-24(37-19)17-30-21-6-4-20(5-7-21)26-25-27(29)31-18-32-28(25)36(33-26)23-11-15-35(16-12-23)22-9-13-34(2)14-10-22/h3-8,18,22-23,30H,9-17H2,1-2H3,(H2,29,31,32). The third-order valence-corrected chi connectivity index (χ3v) is 7.99. The lowest BCUT2D eigenvalue weighted by atomic mass is 9.98. The summed E-state index contributed by atoms with van der Waals surface area (Å²) in [5, 5.41) is 9.35. The number of hydrogen-bond donors (Lipinski definition) is 2. The van der Waals surface area contributed by atoms with Gasteiger partial charge in [-0.2, -0.15) is 5.10 Å². The van der Waals surface area contributed by atoms with Crippen molar-refractivity contribution < 1.29 is 4.42 Å². The highest BCUT2D eigenvalue weighted by Crippen LogP contribution is 2.35. The van der Waals surface area contributed by atoms with Gasteiger partial charge in [-0.3, -0.25) is 0 Å². The van der Waals surface area contributed by atoms with E-state index in [1.807, 2.05) is 19.1 Å². The molecule has 0 saturated carbocycles. The van der Waals surface area contributed by atoms with Crippen LogP contribution in [0.3, 0.4) is 0 Å². The Bertz CT molecular complexity index is 1340. The van der Waals surface area contributed by atoms with Gasteiger partial charge in [-0.25, -0.2) is 14.6 Å². The zero-order chi connectivity index (χ0) is 25.4. The van der Waals surface area contributed by atoms with Crippen molar-refractivity contribution in [3.8, 4) is 11.3 Å². The molecule has 0 unspecified atom stereocenters. The van der Waals surface area contributed by atoms with E-state index in [-0.39, 0.29) is 0 Å². The summed E-state index contributed by atoms with van der Waals surface area (Å²) in [5.41, 5.74) is 10.1. The summed E-state index contributed by atoms with van der Waals surface area (Å²) < 4.78 is 7.77. The van der Waals surface area contributed by atoms with Crippen LogP contribution in [0.25, 0.3) is 22.3 Å². The number of benzene rings is 1. The van der Waals surface area contributed by atoms with Crippen LogP contribution in [0.5, 0.6) is 0 Å². The minimum Gasteiger partial charge on any atom is -0.465 e. The Labute approximate surface area is 217 Å². The number of hydrogen-bond acceptors (Lipinski definition) is 8. The van der Waals surface area contributed by atoms with E-state index in [0.29, 0.717) is 24.4 Å². The van der Waals surface area contributed by atoms with Crippen LogP contribution in [0.2, 0.25) is 0 Å². The molecule has 0 bridgehead atoms. The molecular formula is C28H36N8O.